The number of carbonyl (C=O) groups is 1. The van der Waals surface area contributed by atoms with Gasteiger partial charge in [-0.2, -0.15) is 17.5 Å². The maximum absolute atomic E-state index is 13.1. The van der Waals surface area contributed by atoms with Crippen molar-refractivity contribution in [2.24, 2.45) is 0 Å². The number of carbonyl (C=O) groups excluding carboxylic acids is 1. The number of sulfonamides is 1. The van der Waals surface area contributed by atoms with E-state index in [9.17, 15) is 26.4 Å². The molecule has 30 heavy (non-hydrogen) atoms. The number of nitrogens with one attached hydrogen (secondary N) is 1. The predicted molar refractivity (Wildman–Crippen MR) is 104 cm³/mol. The van der Waals surface area contributed by atoms with E-state index in [1.165, 1.54) is 58.8 Å². The van der Waals surface area contributed by atoms with Gasteiger partial charge in [0.1, 0.15) is 5.75 Å². The highest BCUT2D eigenvalue weighted by molar-refractivity contribution is 7.89. The van der Waals surface area contributed by atoms with Crippen LogP contribution < -0.4 is 10.1 Å². The molecule has 2 amide bonds. The number of halogens is 3. The van der Waals surface area contributed by atoms with E-state index in [-0.39, 0.29) is 36.8 Å². The van der Waals surface area contributed by atoms with Crippen molar-refractivity contribution < 1.29 is 31.1 Å². The van der Waals surface area contributed by atoms with Crippen molar-refractivity contribution >= 4 is 21.7 Å². The van der Waals surface area contributed by atoms with E-state index >= 15 is 0 Å². The largest absolute Gasteiger partial charge is 0.497 e. The maximum atomic E-state index is 13.1. The van der Waals surface area contributed by atoms with Gasteiger partial charge in [-0.15, -0.1) is 0 Å². The Bertz CT molecular complexity index is 1000. The summed E-state index contributed by atoms with van der Waals surface area (Å²) >= 11 is 0. The fraction of sp³-hybridized carbons (Fsp3) is 0.316. The number of urea groups is 1. The topological polar surface area (TPSA) is 79.0 Å². The Kier molecular flexibility index (Phi) is 6.22. The van der Waals surface area contributed by atoms with Crippen molar-refractivity contribution in [1.82, 2.24) is 9.21 Å². The van der Waals surface area contributed by atoms with Gasteiger partial charge in [-0.3, -0.25) is 0 Å². The Morgan fingerprint density at radius 2 is 1.60 bits per heavy atom. The molecule has 1 saturated heterocycles. The summed E-state index contributed by atoms with van der Waals surface area (Å²) in [5.74, 6) is 0.523. The lowest BCUT2D eigenvalue weighted by Gasteiger charge is -2.34. The van der Waals surface area contributed by atoms with E-state index in [1.807, 2.05) is 0 Å². The Hall–Kier alpha value is -2.79. The fourth-order valence-electron chi connectivity index (χ4n) is 3.06. The van der Waals surface area contributed by atoms with E-state index in [0.717, 1.165) is 6.07 Å². The lowest BCUT2D eigenvalue weighted by Crippen LogP contribution is -2.51. The third-order valence-electron chi connectivity index (χ3n) is 4.70. The molecule has 0 spiro atoms. The molecule has 3 rings (SSSR count). The van der Waals surface area contributed by atoms with Crippen molar-refractivity contribution in [2.45, 2.75) is 11.1 Å². The maximum Gasteiger partial charge on any atom is 0.418 e. The number of anilines is 1. The van der Waals surface area contributed by atoms with Crippen LogP contribution in [0, 0.1) is 0 Å². The van der Waals surface area contributed by atoms with Crippen LogP contribution in [-0.4, -0.2) is 56.9 Å². The average molecular weight is 443 g/mol. The van der Waals surface area contributed by atoms with E-state index in [2.05, 4.69) is 5.32 Å². The van der Waals surface area contributed by atoms with Crippen LogP contribution in [0.4, 0.5) is 23.7 Å². The van der Waals surface area contributed by atoms with Gasteiger partial charge in [0.25, 0.3) is 0 Å². The van der Waals surface area contributed by atoms with Crippen LogP contribution in [-0.2, 0) is 16.2 Å². The molecule has 11 heteroatoms. The minimum Gasteiger partial charge on any atom is -0.497 e. The van der Waals surface area contributed by atoms with Crippen molar-refractivity contribution in [1.29, 1.82) is 0 Å². The predicted octanol–water partition coefficient (Wildman–Crippen LogP) is 3.25. The Morgan fingerprint density at radius 3 is 2.17 bits per heavy atom. The zero-order chi connectivity index (χ0) is 21.9. The Balaban J connectivity index is 1.65. The van der Waals surface area contributed by atoms with Crippen LogP contribution in [0.3, 0.4) is 0 Å². The molecule has 0 aromatic heterocycles. The number of para-hydroxylation sites is 1. The molecule has 0 aliphatic carbocycles. The third kappa shape index (κ3) is 4.68. The van der Waals surface area contributed by atoms with Crippen LogP contribution >= 0.6 is 0 Å². The van der Waals surface area contributed by atoms with Crippen LogP contribution in [0.25, 0.3) is 0 Å². The molecule has 2 aromatic carbocycles. The number of benzene rings is 2. The molecule has 0 radical (unpaired) electrons. The van der Waals surface area contributed by atoms with Crippen molar-refractivity contribution in [3.63, 3.8) is 0 Å². The van der Waals surface area contributed by atoms with Crippen LogP contribution in [0.5, 0.6) is 5.75 Å². The number of ether oxygens (including phenoxy) is 1. The van der Waals surface area contributed by atoms with Gasteiger partial charge in [0.15, 0.2) is 0 Å². The number of hydrogen-bond donors (Lipinski definition) is 1. The molecular weight excluding hydrogens is 423 g/mol. The highest BCUT2D eigenvalue weighted by Gasteiger charge is 2.35. The highest BCUT2D eigenvalue weighted by atomic mass is 32.2. The quantitative estimate of drug-likeness (QED) is 0.787. The molecule has 0 atom stereocenters. The standard InChI is InChI=1S/C19H20F3N3O4S/c1-29-14-6-8-15(9-7-14)30(27,28)25-12-10-24(11-13-25)18(26)23-17-5-3-2-4-16(17)19(20,21)22/h2-9H,10-13H2,1H3,(H,23,26). The van der Waals surface area contributed by atoms with Gasteiger partial charge in [-0.1, -0.05) is 12.1 Å². The summed E-state index contributed by atoms with van der Waals surface area (Å²) in [4.78, 5) is 13.8. The Labute approximate surface area is 172 Å². The first-order chi connectivity index (χ1) is 14.1. The van der Waals surface area contributed by atoms with E-state index < -0.39 is 27.8 Å². The summed E-state index contributed by atoms with van der Waals surface area (Å²) in [6, 6.07) is 9.91. The number of nitrogens with zero attached hydrogens (tertiary/aromatic N) is 2. The average Bonchev–Trinajstić information content (AvgIpc) is 2.73. The van der Waals surface area contributed by atoms with Gasteiger partial charge >= 0.3 is 12.2 Å². The molecule has 0 bridgehead atoms. The molecule has 1 aliphatic heterocycles. The molecule has 1 heterocycles. The molecular formula is C19H20F3N3O4S. The lowest BCUT2D eigenvalue weighted by molar-refractivity contribution is -0.136. The van der Waals surface area contributed by atoms with Gasteiger partial charge in [0.05, 0.1) is 23.3 Å². The molecule has 7 nitrogen and oxygen atoms in total. The zero-order valence-corrected chi connectivity index (χ0v) is 16.8. The van der Waals surface area contributed by atoms with Gasteiger partial charge in [0, 0.05) is 26.2 Å². The van der Waals surface area contributed by atoms with Gasteiger partial charge in [0.2, 0.25) is 10.0 Å². The summed E-state index contributed by atoms with van der Waals surface area (Å²) in [6.07, 6.45) is -4.60. The summed E-state index contributed by atoms with van der Waals surface area (Å²) in [5.41, 5.74) is -1.29. The highest BCUT2D eigenvalue weighted by Crippen LogP contribution is 2.34. The second kappa shape index (κ2) is 8.52. The number of piperazine rings is 1. The molecule has 162 valence electrons. The van der Waals surface area contributed by atoms with Crippen LogP contribution in [0.15, 0.2) is 53.4 Å². The number of alkyl halides is 3. The lowest BCUT2D eigenvalue weighted by atomic mass is 10.1. The summed E-state index contributed by atoms with van der Waals surface area (Å²) < 4.78 is 71.0. The van der Waals surface area contributed by atoms with Crippen molar-refractivity contribution in [2.75, 3.05) is 38.6 Å². The number of hydrogen-bond acceptors (Lipinski definition) is 4. The third-order valence-corrected chi connectivity index (χ3v) is 6.61. The minimum absolute atomic E-state index is 0.0305. The minimum atomic E-state index is -4.60. The van der Waals surface area contributed by atoms with Crippen LogP contribution in [0.2, 0.25) is 0 Å². The van der Waals surface area contributed by atoms with Crippen molar-refractivity contribution in [3.05, 3.63) is 54.1 Å². The molecule has 1 N–H and O–H groups in total. The van der Waals surface area contributed by atoms with Gasteiger partial charge < -0.3 is 15.0 Å². The number of rotatable bonds is 4. The normalized spacial score (nSPS) is 15.7. The van der Waals surface area contributed by atoms with Crippen molar-refractivity contribution in [3.8, 4) is 5.75 Å². The summed E-state index contributed by atoms with van der Waals surface area (Å²) in [6.45, 7) is 0.163. The van der Waals surface area contributed by atoms with Crippen LogP contribution in [0.1, 0.15) is 5.56 Å². The number of methoxy groups -OCH3 is 1. The van der Waals surface area contributed by atoms with E-state index in [0.29, 0.717) is 5.75 Å². The molecule has 0 saturated carbocycles. The van der Waals surface area contributed by atoms with E-state index in [4.69, 9.17) is 4.74 Å². The summed E-state index contributed by atoms with van der Waals surface area (Å²) in [7, 11) is -2.28. The van der Waals surface area contributed by atoms with Gasteiger partial charge in [-0.25, -0.2) is 13.2 Å². The second-order valence-electron chi connectivity index (χ2n) is 6.54. The van der Waals surface area contributed by atoms with Gasteiger partial charge in [-0.05, 0) is 36.4 Å². The monoisotopic (exact) mass is 443 g/mol. The molecule has 1 fully saturated rings. The molecule has 0 unspecified atom stereocenters. The zero-order valence-electron chi connectivity index (χ0n) is 16.0. The smallest absolute Gasteiger partial charge is 0.418 e. The first kappa shape index (κ1) is 21.9. The first-order valence-electron chi connectivity index (χ1n) is 8.99. The Morgan fingerprint density at radius 1 is 1.00 bits per heavy atom. The SMILES string of the molecule is COc1ccc(S(=O)(=O)N2CCN(C(=O)Nc3ccccc3C(F)(F)F)CC2)cc1. The first-order valence-corrected chi connectivity index (χ1v) is 10.4. The second-order valence-corrected chi connectivity index (χ2v) is 8.48. The van der Waals surface area contributed by atoms with E-state index in [1.54, 1.807) is 0 Å². The molecule has 2 aromatic rings. The fourth-order valence-corrected chi connectivity index (χ4v) is 4.48. The summed E-state index contributed by atoms with van der Waals surface area (Å²) in [5, 5.41) is 2.27. The molecule has 1 aliphatic rings. The number of amides is 2.